The quantitative estimate of drug-likeness (QED) is 0.791. The summed E-state index contributed by atoms with van der Waals surface area (Å²) in [6.45, 7) is 3.44. The lowest BCUT2D eigenvalue weighted by atomic mass is 10.1. The van der Waals surface area contributed by atoms with Gasteiger partial charge in [-0.1, -0.05) is 0 Å². The lowest BCUT2D eigenvalue weighted by molar-refractivity contribution is 0.0284. The van der Waals surface area contributed by atoms with E-state index in [1.54, 1.807) is 26.0 Å². The van der Waals surface area contributed by atoms with Crippen molar-refractivity contribution in [2.24, 2.45) is 0 Å². The van der Waals surface area contributed by atoms with Crippen LogP contribution in [0.25, 0.3) is 0 Å². The number of ether oxygens (including phenoxy) is 1. The molecule has 1 rings (SSSR count). The average Bonchev–Trinajstić information content (AvgIpc) is 2.14. The van der Waals surface area contributed by atoms with Crippen LogP contribution >= 0.6 is 0 Å². The monoisotopic (exact) mass is 210 g/mol. The van der Waals surface area contributed by atoms with Crippen molar-refractivity contribution in [3.8, 4) is 5.75 Å². The van der Waals surface area contributed by atoms with Crippen molar-refractivity contribution in [1.29, 1.82) is 0 Å². The third kappa shape index (κ3) is 3.99. The van der Waals surface area contributed by atoms with E-state index in [9.17, 15) is 9.90 Å². The van der Waals surface area contributed by atoms with Crippen molar-refractivity contribution in [3.05, 3.63) is 29.8 Å². The lowest BCUT2D eigenvalue weighted by Crippen LogP contribution is -2.27. The van der Waals surface area contributed by atoms with Crippen molar-refractivity contribution in [1.82, 2.24) is 0 Å². The molecule has 0 aliphatic carbocycles. The van der Waals surface area contributed by atoms with Crippen LogP contribution in [0.3, 0.4) is 0 Å². The molecule has 82 valence electrons. The fourth-order valence-electron chi connectivity index (χ4n) is 0.954. The van der Waals surface area contributed by atoms with Crippen molar-refractivity contribution >= 4 is 5.97 Å². The first-order chi connectivity index (χ1) is 6.88. The van der Waals surface area contributed by atoms with E-state index in [0.717, 1.165) is 0 Å². The van der Waals surface area contributed by atoms with E-state index >= 15 is 0 Å². The molecule has 1 aromatic rings. The van der Waals surface area contributed by atoms with Crippen LogP contribution < -0.4 is 4.74 Å². The summed E-state index contributed by atoms with van der Waals surface area (Å²) in [6.07, 6.45) is 0. The first kappa shape index (κ1) is 11.5. The summed E-state index contributed by atoms with van der Waals surface area (Å²) in [5, 5.41) is 18.1. The molecule has 4 heteroatoms. The standard InChI is InChI=1S/C11H14O4/c1-11(2,14)7-15-9-5-3-8(4-6-9)10(12)13/h3-6,14H,7H2,1-2H3,(H,12,13). The largest absolute Gasteiger partial charge is 0.491 e. The maximum Gasteiger partial charge on any atom is 0.335 e. The molecule has 0 amide bonds. The van der Waals surface area contributed by atoms with Gasteiger partial charge in [0.15, 0.2) is 0 Å². The molecule has 0 unspecified atom stereocenters. The third-order valence-corrected chi connectivity index (χ3v) is 1.69. The van der Waals surface area contributed by atoms with E-state index in [0.29, 0.717) is 5.75 Å². The SMILES string of the molecule is CC(C)(O)COc1ccc(C(=O)O)cc1. The van der Waals surface area contributed by atoms with Gasteiger partial charge in [-0.3, -0.25) is 0 Å². The zero-order chi connectivity index (χ0) is 11.5. The Hall–Kier alpha value is -1.55. The Morgan fingerprint density at radius 2 is 1.87 bits per heavy atom. The predicted octanol–water partition coefficient (Wildman–Crippen LogP) is 1.53. The van der Waals surface area contributed by atoms with Crippen LogP contribution in [0.1, 0.15) is 24.2 Å². The Morgan fingerprint density at radius 1 is 1.33 bits per heavy atom. The minimum atomic E-state index is -0.968. The highest BCUT2D eigenvalue weighted by molar-refractivity contribution is 5.87. The summed E-state index contributed by atoms with van der Waals surface area (Å²) in [4.78, 5) is 10.5. The summed E-state index contributed by atoms with van der Waals surface area (Å²) in [5.41, 5.74) is -0.684. The van der Waals surface area contributed by atoms with Crippen molar-refractivity contribution in [2.75, 3.05) is 6.61 Å². The van der Waals surface area contributed by atoms with Gasteiger partial charge in [0.2, 0.25) is 0 Å². The second-order valence-electron chi connectivity index (χ2n) is 3.93. The number of aromatic carboxylic acids is 1. The molecule has 4 nitrogen and oxygen atoms in total. The number of carboxylic acid groups (broad SMARTS) is 1. The summed E-state index contributed by atoms with van der Waals surface area (Å²) in [6, 6.07) is 6.05. The molecule has 0 saturated carbocycles. The second-order valence-corrected chi connectivity index (χ2v) is 3.93. The molecule has 0 aromatic heterocycles. The third-order valence-electron chi connectivity index (χ3n) is 1.69. The van der Waals surface area contributed by atoms with Crippen LogP contribution in [0.2, 0.25) is 0 Å². The number of benzene rings is 1. The van der Waals surface area contributed by atoms with Gasteiger partial charge in [-0.15, -0.1) is 0 Å². The Labute approximate surface area is 88.1 Å². The lowest BCUT2D eigenvalue weighted by Gasteiger charge is -2.17. The van der Waals surface area contributed by atoms with Crippen molar-refractivity contribution < 1.29 is 19.7 Å². The smallest absolute Gasteiger partial charge is 0.335 e. The van der Waals surface area contributed by atoms with Gasteiger partial charge in [-0.05, 0) is 38.1 Å². The summed E-state index contributed by atoms with van der Waals surface area (Å²) >= 11 is 0. The first-order valence-corrected chi connectivity index (χ1v) is 4.57. The molecule has 0 radical (unpaired) electrons. The van der Waals surface area contributed by atoms with E-state index in [1.807, 2.05) is 0 Å². The summed E-state index contributed by atoms with van der Waals surface area (Å²) in [7, 11) is 0. The molecule has 0 aliphatic heterocycles. The van der Waals surface area contributed by atoms with Gasteiger partial charge < -0.3 is 14.9 Å². The van der Waals surface area contributed by atoms with Crippen LogP contribution in [0.4, 0.5) is 0 Å². The molecular formula is C11H14O4. The number of rotatable bonds is 4. The molecule has 0 spiro atoms. The molecule has 15 heavy (non-hydrogen) atoms. The van der Waals surface area contributed by atoms with Crippen LogP contribution in [0.5, 0.6) is 5.75 Å². The van der Waals surface area contributed by atoms with Crippen molar-refractivity contribution in [2.45, 2.75) is 19.4 Å². The number of carboxylic acids is 1. The first-order valence-electron chi connectivity index (χ1n) is 4.57. The average molecular weight is 210 g/mol. The van der Waals surface area contributed by atoms with E-state index in [4.69, 9.17) is 9.84 Å². The van der Waals surface area contributed by atoms with Crippen molar-refractivity contribution in [3.63, 3.8) is 0 Å². The summed E-state index contributed by atoms with van der Waals surface area (Å²) in [5.74, 6) is -0.425. The highest BCUT2D eigenvalue weighted by atomic mass is 16.5. The van der Waals surface area contributed by atoms with Gasteiger partial charge in [-0.25, -0.2) is 4.79 Å². The number of hydrogen-bond donors (Lipinski definition) is 2. The maximum atomic E-state index is 10.5. The van der Waals surface area contributed by atoms with Gasteiger partial charge in [0.1, 0.15) is 12.4 Å². The number of aliphatic hydroxyl groups is 1. The number of hydrogen-bond acceptors (Lipinski definition) is 3. The zero-order valence-electron chi connectivity index (χ0n) is 8.73. The highest BCUT2D eigenvalue weighted by Gasteiger charge is 2.13. The van der Waals surface area contributed by atoms with E-state index in [-0.39, 0.29) is 12.2 Å². The van der Waals surface area contributed by atoms with E-state index in [2.05, 4.69) is 0 Å². The second kappa shape index (κ2) is 4.31. The zero-order valence-corrected chi connectivity index (χ0v) is 8.73. The van der Waals surface area contributed by atoms with Crippen LogP contribution in [0.15, 0.2) is 24.3 Å². The Kier molecular flexibility index (Phi) is 3.31. The molecule has 2 N–H and O–H groups in total. The maximum absolute atomic E-state index is 10.5. The molecular weight excluding hydrogens is 196 g/mol. The summed E-state index contributed by atoms with van der Waals surface area (Å²) < 4.78 is 5.26. The molecule has 0 aliphatic rings. The topological polar surface area (TPSA) is 66.8 Å². The molecule has 0 atom stereocenters. The van der Waals surface area contributed by atoms with Gasteiger partial charge in [0.05, 0.1) is 11.2 Å². The van der Waals surface area contributed by atoms with Gasteiger partial charge >= 0.3 is 5.97 Å². The van der Waals surface area contributed by atoms with E-state index < -0.39 is 11.6 Å². The van der Waals surface area contributed by atoms with Crippen LogP contribution in [-0.2, 0) is 0 Å². The van der Waals surface area contributed by atoms with E-state index in [1.165, 1.54) is 12.1 Å². The van der Waals surface area contributed by atoms with Gasteiger partial charge in [-0.2, -0.15) is 0 Å². The molecule has 0 bridgehead atoms. The Morgan fingerprint density at radius 3 is 2.27 bits per heavy atom. The molecule has 1 aromatic carbocycles. The Bertz CT molecular complexity index is 335. The minimum absolute atomic E-state index is 0.166. The molecule has 0 fully saturated rings. The van der Waals surface area contributed by atoms with Crippen LogP contribution in [-0.4, -0.2) is 28.4 Å². The van der Waals surface area contributed by atoms with Gasteiger partial charge in [0.25, 0.3) is 0 Å². The highest BCUT2D eigenvalue weighted by Crippen LogP contribution is 2.14. The number of carbonyl (C=O) groups is 1. The fraction of sp³-hybridized carbons (Fsp3) is 0.364. The Balaban J connectivity index is 2.61. The van der Waals surface area contributed by atoms with Crippen LogP contribution in [0, 0.1) is 0 Å². The molecule has 0 saturated heterocycles. The van der Waals surface area contributed by atoms with Gasteiger partial charge in [0, 0.05) is 0 Å². The predicted molar refractivity (Wildman–Crippen MR) is 55.2 cm³/mol. The molecule has 0 heterocycles. The normalized spacial score (nSPS) is 11.1. The minimum Gasteiger partial charge on any atom is -0.491 e. The fourth-order valence-corrected chi connectivity index (χ4v) is 0.954.